The predicted molar refractivity (Wildman–Crippen MR) is 80.2 cm³/mol. The Balaban J connectivity index is 1.96. The van der Waals surface area contributed by atoms with Crippen LogP contribution in [0.4, 0.5) is 5.69 Å². The van der Waals surface area contributed by atoms with Gasteiger partial charge in [0, 0.05) is 18.4 Å². The van der Waals surface area contributed by atoms with Crippen LogP contribution in [0.5, 0.6) is 0 Å². The molecular weight excluding hydrogens is 232 g/mol. The van der Waals surface area contributed by atoms with Gasteiger partial charge in [-0.1, -0.05) is 42.5 Å². The van der Waals surface area contributed by atoms with Crippen molar-refractivity contribution in [3.63, 3.8) is 0 Å². The van der Waals surface area contributed by atoms with Crippen molar-refractivity contribution >= 4 is 16.5 Å². The molecule has 0 aliphatic carbocycles. The molecule has 0 saturated heterocycles. The summed E-state index contributed by atoms with van der Waals surface area (Å²) in [6.45, 7) is 2.18. The second-order valence-electron chi connectivity index (χ2n) is 4.68. The predicted octanol–water partition coefficient (Wildman–Crippen LogP) is 4.41. The van der Waals surface area contributed by atoms with Crippen LogP contribution in [0, 0.1) is 0 Å². The van der Waals surface area contributed by atoms with Crippen molar-refractivity contribution in [3.05, 3.63) is 72.6 Å². The zero-order valence-electron chi connectivity index (χ0n) is 10.9. The van der Waals surface area contributed by atoms with Crippen molar-refractivity contribution in [1.82, 2.24) is 4.98 Å². The summed E-state index contributed by atoms with van der Waals surface area (Å²) in [6, 6.07) is 19.1. The molecule has 1 atom stereocenters. The van der Waals surface area contributed by atoms with Gasteiger partial charge in [0.2, 0.25) is 0 Å². The normalized spacial score (nSPS) is 12.3. The summed E-state index contributed by atoms with van der Waals surface area (Å²) in [6.07, 6.45) is 3.63. The minimum Gasteiger partial charge on any atom is -0.377 e. The number of benzene rings is 2. The van der Waals surface area contributed by atoms with Crippen LogP contribution in [-0.4, -0.2) is 4.98 Å². The van der Waals surface area contributed by atoms with Gasteiger partial charge in [-0.15, -0.1) is 0 Å². The van der Waals surface area contributed by atoms with Gasteiger partial charge in [0.25, 0.3) is 0 Å². The maximum absolute atomic E-state index is 4.13. The number of pyridine rings is 1. The quantitative estimate of drug-likeness (QED) is 0.742. The fourth-order valence-corrected chi connectivity index (χ4v) is 2.40. The highest BCUT2D eigenvalue weighted by Gasteiger charge is 2.08. The largest absolute Gasteiger partial charge is 0.377 e. The molecule has 3 rings (SSSR count). The first kappa shape index (κ1) is 11.7. The number of rotatable bonds is 3. The maximum Gasteiger partial charge on any atom is 0.0531 e. The van der Waals surface area contributed by atoms with E-state index in [4.69, 9.17) is 0 Å². The van der Waals surface area contributed by atoms with Crippen LogP contribution in [-0.2, 0) is 0 Å². The van der Waals surface area contributed by atoms with Crippen molar-refractivity contribution in [2.24, 2.45) is 0 Å². The molecule has 0 aliphatic rings. The van der Waals surface area contributed by atoms with E-state index in [2.05, 4.69) is 59.7 Å². The summed E-state index contributed by atoms with van der Waals surface area (Å²) >= 11 is 0. The summed E-state index contributed by atoms with van der Waals surface area (Å²) in [7, 11) is 0. The highest BCUT2D eigenvalue weighted by molar-refractivity contribution is 5.86. The number of hydrogen-bond acceptors (Lipinski definition) is 2. The van der Waals surface area contributed by atoms with Crippen LogP contribution in [0.25, 0.3) is 10.8 Å². The number of nitrogens with zero attached hydrogens (tertiary/aromatic N) is 1. The summed E-state index contributed by atoms with van der Waals surface area (Å²) in [5.41, 5.74) is 2.35. The van der Waals surface area contributed by atoms with E-state index >= 15 is 0 Å². The van der Waals surface area contributed by atoms with Crippen LogP contribution in [0.1, 0.15) is 18.5 Å². The molecule has 2 heteroatoms. The van der Waals surface area contributed by atoms with Gasteiger partial charge < -0.3 is 5.32 Å². The Hall–Kier alpha value is -2.35. The molecule has 0 bridgehead atoms. The Kier molecular flexibility index (Phi) is 3.15. The van der Waals surface area contributed by atoms with E-state index in [1.54, 1.807) is 6.20 Å². The Labute approximate surface area is 113 Å². The van der Waals surface area contributed by atoms with Crippen LogP contribution in [0.15, 0.2) is 67.0 Å². The SMILES string of the molecule is CC(Nc1cccnc1)c1cccc2ccccc12. The first-order chi connectivity index (χ1) is 9.34. The molecule has 94 valence electrons. The van der Waals surface area contributed by atoms with Crippen molar-refractivity contribution in [2.45, 2.75) is 13.0 Å². The molecule has 1 unspecified atom stereocenters. The fourth-order valence-electron chi connectivity index (χ4n) is 2.40. The summed E-state index contributed by atoms with van der Waals surface area (Å²) < 4.78 is 0. The van der Waals surface area contributed by atoms with Gasteiger partial charge in [-0.2, -0.15) is 0 Å². The van der Waals surface area contributed by atoms with Gasteiger partial charge in [-0.05, 0) is 35.4 Å². The van der Waals surface area contributed by atoms with Crippen LogP contribution >= 0.6 is 0 Å². The van der Waals surface area contributed by atoms with Crippen molar-refractivity contribution < 1.29 is 0 Å². The molecule has 1 heterocycles. The van der Waals surface area contributed by atoms with E-state index in [0.29, 0.717) is 0 Å². The second-order valence-corrected chi connectivity index (χ2v) is 4.68. The molecule has 0 fully saturated rings. The number of hydrogen-bond donors (Lipinski definition) is 1. The van der Waals surface area contributed by atoms with Crippen molar-refractivity contribution in [2.75, 3.05) is 5.32 Å². The summed E-state index contributed by atoms with van der Waals surface area (Å²) in [5.74, 6) is 0. The zero-order valence-corrected chi connectivity index (χ0v) is 10.9. The standard InChI is InChI=1S/C17H16N2/c1-13(19-15-8-5-11-18-12-15)16-10-4-7-14-6-2-3-9-17(14)16/h2-13,19H,1H3. The molecule has 1 N–H and O–H groups in total. The van der Waals surface area contributed by atoms with Crippen molar-refractivity contribution in [1.29, 1.82) is 0 Å². The molecule has 2 aromatic carbocycles. The summed E-state index contributed by atoms with van der Waals surface area (Å²) in [4.78, 5) is 4.13. The van der Waals surface area contributed by atoms with E-state index in [-0.39, 0.29) is 6.04 Å². The van der Waals surface area contributed by atoms with Gasteiger partial charge in [0.1, 0.15) is 0 Å². The topological polar surface area (TPSA) is 24.9 Å². The minimum atomic E-state index is 0.246. The number of nitrogens with one attached hydrogen (secondary N) is 1. The molecular formula is C17H16N2. The third-order valence-electron chi connectivity index (χ3n) is 3.33. The maximum atomic E-state index is 4.13. The molecule has 0 spiro atoms. The first-order valence-electron chi connectivity index (χ1n) is 6.49. The van der Waals surface area contributed by atoms with E-state index < -0.39 is 0 Å². The molecule has 0 aliphatic heterocycles. The Morgan fingerprint density at radius 3 is 2.63 bits per heavy atom. The van der Waals surface area contributed by atoms with E-state index in [0.717, 1.165) is 5.69 Å². The Bertz CT molecular complexity index is 672. The third-order valence-corrected chi connectivity index (χ3v) is 3.33. The average Bonchev–Trinajstić information content (AvgIpc) is 2.47. The molecule has 0 amide bonds. The van der Waals surface area contributed by atoms with Gasteiger partial charge in [-0.25, -0.2) is 0 Å². The van der Waals surface area contributed by atoms with E-state index in [1.807, 2.05) is 18.3 Å². The van der Waals surface area contributed by atoms with Gasteiger partial charge >= 0.3 is 0 Å². The molecule has 0 radical (unpaired) electrons. The molecule has 1 aromatic heterocycles. The molecule has 2 nitrogen and oxygen atoms in total. The van der Waals surface area contributed by atoms with Crippen LogP contribution in [0.2, 0.25) is 0 Å². The van der Waals surface area contributed by atoms with E-state index in [9.17, 15) is 0 Å². The first-order valence-corrected chi connectivity index (χ1v) is 6.49. The minimum absolute atomic E-state index is 0.246. The fraction of sp³-hybridized carbons (Fsp3) is 0.118. The van der Waals surface area contributed by atoms with Gasteiger partial charge in [0.05, 0.1) is 5.69 Å². The lowest BCUT2D eigenvalue weighted by Gasteiger charge is -2.17. The average molecular weight is 248 g/mol. The smallest absolute Gasteiger partial charge is 0.0531 e. The monoisotopic (exact) mass is 248 g/mol. The zero-order chi connectivity index (χ0) is 13.1. The van der Waals surface area contributed by atoms with Crippen LogP contribution < -0.4 is 5.32 Å². The lowest BCUT2D eigenvalue weighted by atomic mass is 9.99. The lowest BCUT2D eigenvalue weighted by Crippen LogP contribution is -2.07. The summed E-state index contributed by atoms with van der Waals surface area (Å²) in [5, 5.41) is 6.07. The third kappa shape index (κ3) is 2.43. The number of fused-ring (bicyclic) bond motifs is 1. The molecule has 19 heavy (non-hydrogen) atoms. The lowest BCUT2D eigenvalue weighted by molar-refractivity contribution is 0.892. The van der Waals surface area contributed by atoms with Crippen LogP contribution in [0.3, 0.4) is 0 Å². The molecule has 3 aromatic rings. The van der Waals surface area contributed by atoms with Crippen molar-refractivity contribution in [3.8, 4) is 0 Å². The van der Waals surface area contributed by atoms with Gasteiger partial charge in [0.15, 0.2) is 0 Å². The highest BCUT2D eigenvalue weighted by atomic mass is 14.9. The van der Waals surface area contributed by atoms with E-state index in [1.165, 1.54) is 16.3 Å². The van der Waals surface area contributed by atoms with Gasteiger partial charge in [-0.3, -0.25) is 4.98 Å². The Morgan fingerprint density at radius 1 is 0.947 bits per heavy atom. The number of anilines is 1. The second kappa shape index (κ2) is 5.11. The Morgan fingerprint density at radius 2 is 1.79 bits per heavy atom. The molecule has 0 saturated carbocycles. The number of aromatic nitrogens is 1. The highest BCUT2D eigenvalue weighted by Crippen LogP contribution is 2.26.